The molecule has 23 heavy (non-hydrogen) atoms. The first kappa shape index (κ1) is 15.3. The fraction of sp³-hybridized carbons (Fsp3) is 0.286. The summed E-state index contributed by atoms with van der Waals surface area (Å²) in [6, 6.07) is 5.83. The topological polar surface area (TPSA) is 102 Å². The molecule has 9 heteroatoms. The molecule has 0 bridgehead atoms. The van der Waals surface area contributed by atoms with Crippen molar-refractivity contribution in [2.75, 3.05) is 22.8 Å². The second kappa shape index (κ2) is 5.58. The quantitative estimate of drug-likeness (QED) is 0.911. The molecule has 0 spiro atoms. The third-order valence-corrected chi connectivity index (χ3v) is 4.70. The highest BCUT2D eigenvalue weighted by Crippen LogP contribution is 2.34. The molecule has 1 aromatic heterocycles. The first-order chi connectivity index (χ1) is 10.9. The molecule has 0 fully saturated rings. The summed E-state index contributed by atoms with van der Waals surface area (Å²) in [6.07, 6.45) is 0. The van der Waals surface area contributed by atoms with Gasteiger partial charge in [-0.3, -0.25) is 9.52 Å². The van der Waals surface area contributed by atoms with Crippen LogP contribution in [0.3, 0.4) is 0 Å². The molecule has 1 amide bonds. The van der Waals surface area contributed by atoms with Crippen LogP contribution in [0.15, 0.2) is 33.7 Å². The molecule has 0 atom stereocenters. The predicted molar refractivity (Wildman–Crippen MR) is 82.0 cm³/mol. The number of aryl methyl sites for hydroxylation is 1. The lowest BCUT2D eigenvalue weighted by Gasteiger charge is -2.29. The number of rotatable bonds is 3. The van der Waals surface area contributed by atoms with Crippen LogP contribution in [0.4, 0.5) is 11.5 Å². The van der Waals surface area contributed by atoms with E-state index < -0.39 is 10.0 Å². The van der Waals surface area contributed by atoms with E-state index in [0.29, 0.717) is 30.3 Å². The summed E-state index contributed by atoms with van der Waals surface area (Å²) in [5.74, 6) is 0.885. The maximum Gasteiger partial charge on any atom is 0.263 e. The van der Waals surface area contributed by atoms with E-state index in [1.54, 1.807) is 6.92 Å². The van der Waals surface area contributed by atoms with Crippen molar-refractivity contribution in [3.05, 3.63) is 30.0 Å². The van der Waals surface area contributed by atoms with Crippen LogP contribution in [0.5, 0.6) is 5.75 Å². The van der Waals surface area contributed by atoms with Gasteiger partial charge in [0.25, 0.3) is 10.0 Å². The number of carbonyl (C=O) groups excluding carboxylic acids is 1. The zero-order chi connectivity index (χ0) is 16.6. The molecule has 3 rings (SSSR count). The number of benzene rings is 1. The minimum atomic E-state index is -3.85. The van der Waals surface area contributed by atoms with Gasteiger partial charge >= 0.3 is 0 Å². The highest BCUT2D eigenvalue weighted by molar-refractivity contribution is 7.92. The summed E-state index contributed by atoms with van der Waals surface area (Å²) in [5, 5.41) is 3.60. The van der Waals surface area contributed by atoms with E-state index in [1.165, 1.54) is 36.1 Å². The highest BCUT2D eigenvalue weighted by Gasteiger charge is 2.25. The standard InChI is InChI=1S/C14H15N3O5S/c1-9-7-14(15-22-9)16-23(19,20)11-3-4-13-12(8-11)17(10(2)18)5-6-21-13/h3-4,7-8H,5-6H2,1-2H3,(H,15,16). The minimum Gasteiger partial charge on any atom is -0.490 e. The van der Waals surface area contributed by atoms with Crippen molar-refractivity contribution in [2.24, 2.45) is 0 Å². The van der Waals surface area contributed by atoms with Crippen LogP contribution in [-0.4, -0.2) is 32.6 Å². The van der Waals surface area contributed by atoms with Gasteiger partial charge in [0.1, 0.15) is 18.1 Å². The molecule has 0 unspecified atom stereocenters. The average molecular weight is 337 g/mol. The molecule has 0 saturated carbocycles. The van der Waals surface area contributed by atoms with E-state index in [9.17, 15) is 13.2 Å². The first-order valence-electron chi connectivity index (χ1n) is 6.88. The molecule has 1 aliphatic heterocycles. The van der Waals surface area contributed by atoms with Gasteiger partial charge in [-0.2, -0.15) is 0 Å². The van der Waals surface area contributed by atoms with Crippen molar-refractivity contribution >= 4 is 27.4 Å². The minimum absolute atomic E-state index is 0.00801. The van der Waals surface area contributed by atoms with E-state index >= 15 is 0 Å². The Labute approximate surface area is 133 Å². The summed E-state index contributed by atoms with van der Waals surface area (Å²) in [4.78, 5) is 13.2. The van der Waals surface area contributed by atoms with Gasteiger partial charge in [0.2, 0.25) is 5.91 Å². The van der Waals surface area contributed by atoms with E-state index in [2.05, 4.69) is 9.88 Å². The van der Waals surface area contributed by atoms with E-state index in [1.807, 2.05) is 0 Å². The van der Waals surface area contributed by atoms with Gasteiger partial charge in [0.05, 0.1) is 17.1 Å². The molecule has 1 N–H and O–H groups in total. The Morgan fingerprint density at radius 1 is 1.35 bits per heavy atom. The summed E-state index contributed by atoms with van der Waals surface area (Å²) in [7, 11) is -3.85. The van der Waals surface area contributed by atoms with Gasteiger partial charge in [-0.1, -0.05) is 5.16 Å². The number of sulfonamides is 1. The number of ether oxygens (including phenoxy) is 1. The lowest BCUT2D eigenvalue weighted by molar-refractivity contribution is -0.116. The fourth-order valence-corrected chi connectivity index (χ4v) is 3.31. The molecule has 0 radical (unpaired) electrons. The largest absolute Gasteiger partial charge is 0.490 e. The Hall–Kier alpha value is -2.55. The third-order valence-electron chi connectivity index (χ3n) is 3.35. The number of nitrogens with zero attached hydrogens (tertiary/aromatic N) is 2. The SMILES string of the molecule is CC(=O)N1CCOc2ccc(S(=O)(=O)Nc3cc(C)on3)cc21. The Morgan fingerprint density at radius 3 is 2.78 bits per heavy atom. The Morgan fingerprint density at radius 2 is 2.13 bits per heavy atom. The predicted octanol–water partition coefficient (Wildman–Crippen LogP) is 1.53. The number of amides is 1. The van der Waals surface area contributed by atoms with E-state index in [4.69, 9.17) is 9.26 Å². The number of anilines is 2. The first-order valence-corrected chi connectivity index (χ1v) is 8.36. The molecular formula is C14H15N3O5S. The van der Waals surface area contributed by atoms with Gasteiger partial charge < -0.3 is 14.2 Å². The maximum absolute atomic E-state index is 12.4. The van der Waals surface area contributed by atoms with Crippen LogP contribution in [-0.2, 0) is 14.8 Å². The Kier molecular flexibility index (Phi) is 3.72. The normalized spacial score (nSPS) is 14.1. The summed E-state index contributed by atoms with van der Waals surface area (Å²) >= 11 is 0. The highest BCUT2D eigenvalue weighted by atomic mass is 32.2. The molecule has 1 aliphatic rings. The average Bonchev–Trinajstić information content (AvgIpc) is 2.90. The van der Waals surface area contributed by atoms with Crippen LogP contribution in [0.1, 0.15) is 12.7 Å². The molecule has 2 aromatic rings. The monoisotopic (exact) mass is 337 g/mol. The molecular weight excluding hydrogens is 322 g/mol. The van der Waals surface area contributed by atoms with Crippen molar-refractivity contribution in [1.82, 2.24) is 5.16 Å². The van der Waals surface area contributed by atoms with Crippen LogP contribution < -0.4 is 14.4 Å². The molecule has 122 valence electrons. The summed E-state index contributed by atoms with van der Waals surface area (Å²) in [6.45, 7) is 3.83. The Bertz CT molecular complexity index is 859. The second-order valence-corrected chi connectivity index (χ2v) is 6.76. The van der Waals surface area contributed by atoms with Crippen molar-refractivity contribution < 1.29 is 22.5 Å². The number of aromatic nitrogens is 1. The van der Waals surface area contributed by atoms with Gasteiger partial charge in [0, 0.05) is 13.0 Å². The van der Waals surface area contributed by atoms with Crippen LogP contribution >= 0.6 is 0 Å². The second-order valence-electron chi connectivity index (χ2n) is 5.08. The number of carbonyl (C=O) groups is 1. The third kappa shape index (κ3) is 3.00. The van der Waals surface area contributed by atoms with Gasteiger partial charge in [-0.15, -0.1) is 0 Å². The van der Waals surface area contributed by atoms with Crippen LogP contribution in [0, 0.1) is 6.92 Å². The zero-order valence-electron chi connectivity index (χ0n) is 12.6. The fourth-order valence-electron chi connectivity index (χ4n) is 2.30. The number of fused-ring (bicyclic) bond motifs is 1. The number of nitrogens with one attached hydrogen (secondary N) is 1. The maximum atomic E-state index is 12.4. The lowest BCUT2D eigenvalue weighted by Crippen LogP contribution is -2.36. The van der Waals surface area contributed by atoms with Gasteiger partial charge in [0.15, 0.2) is 5.82 Å². The van der Waals surface area contributed by atoms with Crippen molar-refractivity contribution in [3.8, 4) is 5.75 Å². The molecule has 8 nitrogen and oxygen atoms in total. The molecule has 2 heterocycles. The van der Waals surface area contributed by atoms with E-state index in [-0.39, 0.29) is 16.6 Å². The Balaban J connectivity index is 1.97. The molecule has 1 aromatic carbocycles. The number of hydrogen-bond acceptors (Lipinski definition) is 6. The van der Waals surface area contributed by atoms with Crippen LogP contribution in [0.25, 0.3) is 0 Å². The van der Waals surface area contributed by atoms with E-state index in [0.717, 1.165) is 0 Å². The summed E-state index contributed by atoms with van der Waals surface area (Å²) < 4.78 is 37.5. The van der Waals surface area contributed by atoms with Crippen molar-refractivity contribution in [2.45, 2.75) is 18.7 Å². The molecule has 0 aliphatic carbocycles. The van der Waals surface area contributed by atoms with Gasteiger partial charge in [-0.05, 0) is 25.1 Å². The van der Waals surface area contributed by atoms with Gasteiger partial charge in [-0.25, -0.2) is 8.42 Å². The zero-order valence-corrected chi connectivity index (χ0v) is 13.4. The molecule has 0 saturated heterocycles. The van der Waals surface area contributed by atoms with Crippen molar-refractivity contribution in [3.63, 3.8) is 0 Å². The lowest BCUT2D eigenvalue weighted by atomic mass is 10.2. The van der Waals surface area contributed by atoms with Crippen LogP contribution in [0.2, 0.25) is 0 Å². The number of hydrogen-bond donors (Lipinski definition) is 1. The smallest absolute Gasteiger partial charge is 0.263 e. The summed E-state index contributed by atoms with van der Waals surface area (Å²) in [5.41, 5.74) is 0.433. The van der Waals surface area contributed by atoms with Crippen molar-refractivity contribution in [1.29, 1.82) is 0 Å².